The molecule has 1 N–H and O–H groups in total. The van der Waals surface area contributed by atoms with Crippen LogP contribution in [-0.2, 0) is 0 Å². The van der Waals surface area contributed by atoms with Gasteiger partial charge >= 0.3 is 0 Å². The third kappa shape index (κ3) is 3.17. The molecule has 0 saturated carbocycles. The minimum Gasteiger partial charge on any atom is -0.322 e. The van der Waals surface area contributed by atoms with Gasteiger partial charge in [0.15, 0.2) is 0 Å². The SMILES string of the molecule is Cc1cccc(C(=O)Nc2cccc(Br)c2)c1. The van der Waals surface area contributed by atoms with Crippen molar-refractivity contribution in [3.63, 3.8) is 0 Å². The van der Waals surface area contributed by atoms with E-state index in [4.69, 9.17) is 0 Å². The van der Waals surface area contributed by atoms with E-state index >= 15 is 0 Å². The maximum atomic E-state index is 12.0. The van der Waals surface area contributed by atoms with Gasteiger partial charge in [-0.25, -0.2) is 0 Å². The molecule has 3 heteroatoms. The number of benzene rings is 2. The number of carbonyl (C=O) groups excluding carboxylic acids is 1. The first-order chi connectivity index (χ1) is 8.15. The molecule has 2 nitrogen and oxygen atoms in total. The molecule has 0 unspecified atom stereocenters. The maximum absolute atomic E-state index is 12.0. The number of carbonyl (C=O) groups is 1. The highest BCUT2D eigenvalue weighted by Gasteiger charge is 2.05. The van der Waals surface area contributed by atoms with Crippen molar-refractivity contribution in [1.29, 1.82) is 0 Å². The van der Waals surface area contributed by atoms with Crippen LogP contribution in [0, 0.1) is 6.92 Å². The standard InChI is InChI=1S/C14H12BrNO/c1-10-4-2-5-11(8-10)14(17)16-13-7-3-6-12(15)9-13/h2-9H,1H3,(H,16,17). The number of hydrogen-bond donors (Lipinski definition) is 1. The van der Waals surface area contributed by atoms with Gasteiger partial charge in [0, 0.05) is 15.7 Å². The molecule has 2 aromatic rings. The van der Waals surface area contributed by atoms with Crippen molar-refractivity contribution >= 4 is 27.5 Å². The van der Waals surface area contributed by atoms with E-state index in [-0.39, 0.29) is 5.91 Å². The van der Waals surface area contributed by atoms with Crippen LogP contribution in [0.15, 0.2) is 53.0 Å². The Morgan fingerprint density at radius 1 is 1.12 bits per heavy atom. The van der Waals surface area contributed by atoms with E-state index in [9.17, 15) is 4.79 Å². The lowest BCUT2D eigenvalue weighted by Crippen LogP contribution is -2.11. The van der Waals surface area contributed by atoms with Crippen molar-refractivity contribution in [2.45, 2.75) is 6.92 Å². The first kappa shape index (κ1) is 11.9. The zero-order valence-electron chi connectivity index (χ0n) is 9.41. The second kappa shape index (κ2) is 5.15. The topological polar surface area (TPSA) is 29.1 Å². The van der Waals surface area contributed by atoms with Gasteiger partial charge in [-0.3, -0.25) is 4.79 Å². The van der Waals surface area contributed by atoms with E-state index in [1.807, 2.05) is 49.4 Å². The summed E-state index contributed by atoms with van der Waals surface area (Å²) in [5.41, 5.74) is 2.53. The average Bonchev–Trinajstić information content (AvgIpc) is 2.29. The minimum absolute atomic E-state index is 0.0909. The van der Waals surface area contributed by atoms with Crippen LogP contribution in [0.1, 0.15) is 15.9 Å². The van der Waals surface area contributed by atoms with E-state index < -0.39 is 0 Å². The first-order valence-corrected chi connectivity index (χ1v) is 6.08. The summed E-state index contributed by atoms with van der Waals surface area (Å²) in [5, 5.41) is 2.86. The Morgan fingerprint density at radius 3 is 2.59 bits per heavy atom. The smallest absolute Gasteiger partial charge is 0.255 e. The van der Waals surface area contributed by atoms with Gasteiger partial charge in [0.25, 0.3) is 5.91 Å². The Kier molecular flexibility index (Phi) is 3.59. The predicted molar refractivity (Wildman–Crippen MR) is 73.3 cm³/mol. The number of hydrogen-bond acceptors (Lipinski definition) is 1. The summed E-state index contributed by atoms with van der Waals surface area (Å²) in [5.74, 6) is -0.0909. The van der Waals surface area contributed by atoms with Crippen molar-refractivity contribution in [1.82, 2.24) is 0 Å². The lowest BCUT2D eigenvalue weighted by molar-refractivity contribution is 0.102. The van der Waals surface area contributed by atoms with Gasteiger partial charge in [-0.05, 0) is 37.3 Å². The largest absolute Gasteiger partial charge is 0.322 e. The highest BCUT2D eigenvalue weighted by molar-refractivity contribution is 9.10. The quantitative estimate of drug-likeness (QED) is 0.889. The normalized spacial score (nSPS) is 10.0. The van der Waals surface area contributed by atoms with Crippen LogP contribution >= 0.6 is 15.9 Å². The molecule has 0 saturated heterocycles. The van der Waals surface area contributed by atoms with Crippen molar-refractivity contribution in [2.24, 2.45) is 0 Å². The highest BCUT2D eigenvalue weighted by Crippen LogP contribution is 2.16. The Hall–Kier alpha value is -1.61. The van der Waals surface area contributed by atoms with Crippen LogP contribution < -0.4 is 5.32 Å². The Labute approximate surface area is 109 Å². The summed E-state index contributed by atoms with van der Waals surface area (Å²) in [6, 6.07) is 15.1. The molecule has 0 fully saturated rings. The molecule has 0 radical (unpaired) electrons. The van der Waals surface area contributed by atoms with Gasteiger partial charge in [0.1, 0.15) is 0 Å². The van der Waals surface area contributed by atoms with E-state index in [1.165, 1.54) is 0 Å². The zero-order valence-corrected chi connectivity index (χ0v) is 11.0. The molecule has 0 aliphatic heterocycles. The number of aryl methyl sites for hydroxylation is 1. The third-order valence-electron chi connectivity index (χ3n) is 2.36. The number of halogens is 1. The summed E-state index contributed by atoms with van der Waals surface area (Å²) in [4.78, 5) is 12.0. The predicted octanol–water partition coefficient (Wildman–Crippen LogP) is 4.01. The second-order valence-electron chi connectivity index (χ2n) is 3.83. The summed E-state index contributed by atoms with van der Waals surface area (Å²) in [6.07, 6.45) is 0. The molecule has 0 heterocycles. The van der Waals surface area contributed by atoms with E-state index in [0.29, 0.717) is 5.56 Å². The van der Waals surface area contributed by atoms with Crippen LogP contribution in [0.3, 0.4) is 0 Å². The van der Waals surface area contributed by atoms with Crippen LogP contribution in [0.2, 0.25) is 0 Å². The third-order valence-corrected chi connectivity index (χ3v) is 2.86. The Bertz CT molecular complexity index is 551. The van der Waals surface area contributed by atoms with Crippen LogP contribution in [0.5, 0.6) is 0 Å². The maximum Gasteiger partial charge on any atom is 0.255 e. The molecule has 0 aliphatic carbocycles. The molecule has 1 amide bonds. The van der Waals surface area contributed by atoms with E-state index in [1.54, 1.807) is 6.07 Å². The van der Waals surface area contributed by atoms with Gasteiger partial charge in [-0.2, -0.15) is 0 Å². The molecule has 86 valence electrons. The molecule has 2 aromatic carbocycles. The first-order valence-electron chi connectivity index (χ1n) is 5.29. The summed E-state index contributed by atoms with van der Waals surface area (Å²) >= 11 is 3.37. The molecule has 0 atom stereocenters. The van der Waals surface area contributed by atoms with Crippen LogP contribution in [0.4, 0.5) is 5.69 Å². The number of amides is 1. The van der Waals surface area contributed by atoms with Crippen molar-refractivity contribution in [3.8, 4) is 0 Å². The molecule has 0 spiro atoms. The lowest BCUT2D eigenvalue weighted by Gasteiger charge is -2.06. The van der Waals surface area contributed by atoms with E-state index in [2.05, 4.69) is 21.2 Å². The summed E-state index contributed by atoms with van der Waals surface area (Å²) in [7, 11) is 0. The van der Waals surface area contributed by atoms with Crippen molar-refractivity contribution in [2.75, 3.05) is 5.32 Å². The van der Waals surface area contributed by atoms with E-state index in [0.717, 1.165) is 15.7 Å². The molecular weight excluding hydrogens is 278 g/mol. The lowest BCUT2D eigenvalue weighted by atomic mass is 10.1. The second-order valence-corrected chi connectivity index (χ2v) is 4.75. The fraction of sp³-hybridized carbons (Fsp3) is 0.0714. The average molecular weight is 290 g/mol. The molecule has 0 aromatic heterocycles. The molecule has 0 aliphatic rings. The monoisotopic (exact) mass is 289 g/mol. The van der Waals surface area contributed by atoms with Gasteiger partial charge in [-0.15, -0.1) is 0 Å². The van der Waals surface area contributed by atoms with Gasteiger partial charge in [-0.1, -0.05) is 39.7 Å². The van der Waals surface area contributed by atoms with Crippen molar-refractivity contribution in [3.05, 3.63) is 64.1 Å². The Balaban J connectivity index is 2.17. The van der Waals surface area contributed by atoms with Crippen molar-refractivity contribution < 1.29 is 4.79 Å². The number of anilines is 1. The van der Waals surface area contributed by atoms with Gasteiger partial charge < -0.3 is 5.32 Å². The van der Waals surface area contributed by atoms with Crippen LogP contribution in [0.25, 0.3) is 0 Å². The van der Waals surface area contributed by atoms with Gasteiger partial charge in [0.05, 0.1) is 0 Å². The molecule has 17 heavy (non-hydrogen) atoms. The Morgan fingerprint density at radius 2 is 1.88 bits per heavy atom. The number of nitrogens with one attached hydrogen (secondary N) is 1. The number of rotatable bonds is 2. The molecular formula is C14H12BrNO. The summed E-state index contributed by atoms with van der Waals surface area (Å²) in [6.45, 7) is 1.97. The minimum atomic E-state index is -0.0909. The zero-order chi connectivity index (χ0) is 12.3. The molecule has 0 bridgehead atoms. The highest BCUT2D eigenvalue weighted by atomic mass is 79.9. The van der Waals surface area contributed by atoms with Crippen LogP contribution in [-0.4, -0.2) is 5.91 Å². The summed E-state index contributed by atoms with van der Waals surface area (Å²) < 4.78 is 0.944. The fourth-order valence-electron chi connectivity index (χ4n) is 1.56. The fourth-order valence-corrected chi connectivity index (χ4v) is 1.96. The van der Waals surface area contributed by atoms with Gasteiger partial charge in [0.2, 0.25) is 0 Å². The molecule has 2 rings (SSSR count).